The molecule has 1 unspecified atom stereocenters. The van der Waals surface area contributed by atoms with Gasteiger partial charge in [0.15, 0.2) is 0 Å². The number of aliphatic hydroxyl groups excluding tert-OH is 1. The van der Waals surface area contributed by atoms with Gasteiger partial charge < -0.3 is 14.7 Å². The SMILES string of the molecule is COC(=O)C=Cc1ccc(N2CCN(C(C)CO)CC2)c([N+](=O)[O-])c1. The third-order valence-corrected chi connectivity index (χ3v) is 4.35. The molecule has 8 nitrogen and oxygen atoms in total. The first-order chi connectivity index (χ1) is 12.0. The Morgan fingerprint density at radius 3 is 2.64 bits per heavy atom. The Hall–Kier alpha value is -2.45. The van der Waals surface area contributed by atoms with E-state index in [2.05, 4.69) is 9.64 Å². The molecule has 1 aliphatic heterocycles. The van der Waals surface area contributed by atoms with Crippen LogP contribution in [0.25, 0.3) is 6.08 Å². The quantitative estimate of drug-likeness (QED) is 0.358. The number of anilines is 1. The van der Waals surface area contributed by atoms with Crippen molar-refractivity contribution in [3.63, 3.8) is 0 Å². The Kier molecular flexibility index (Phi) is 6.49. The van der Waals surface area contributed by atoms with Gasteiger partial charge in [-0.15, -0.1) is 0 Å². The van der Waals surface area contributed by atoms with E-state index < -0.39 is 10.9 Å². The van der Waals surface area contributed by atoms with Crippen LogP contribution in [-0.2, 0) is 9.53 Å². The van der Waals surface area contributed by atoms with Gasteiger partial charge in [-0.05, 0) is 24.6 Å². The number of piperazine rings is 1. The monoisotopic (exact) mass is 349 g/mol. The van der Waals surface area contributed by atoms with E-state index in [9.17, 15) is 20.0 Å². The number of methoxy groups -OCH3 is 1. The molecule has 1 fully saturated rings. The summed E-state index contributed by atoms with van der Waals surface area (Å²) in [4.78, 5) is 26.3. The molecule has 1 aromatic rings. The Morgan fingerprint density at radius 2 is 2.08 bits per heavy atom. The Labute approximate surface area is 146 Å². The molecule has 1 aliphatic rings. The van der Waals surface area contributed by atoms with E-state index >= 15 is 0 Å². The number of benzene rings is 1. The summed E-state index contributed by atoms with van der Waals surface area (Å²) in [5, 5.41) is 20.7. The average Bonchev–Trinajstić information content (AvgIpc) is 2.65. The summed E-state index contributed by atoms with van der Waals surface area (Å²) in [5.74, 6) is -0.513. The van der Waals surface area contributed by atoms with Crippen molar-refractivity contribution in [2.45, 2.75) is 13.0 Å². The van der Waals surface area contributed by atoms with Gasteiger partial charge in [0.05, 0.1) is 18.6 Å². The summed E-state index contributed by atoms with van der Waals surface area (Å²) in [6.45, 7) is 4.85. The van der Waals surface area contributed by atoms with Crippen molar-refractivity contribution in [3.05, 3.63) is 40.0 Å². The topological polar surface area (TPSA) is 96.2 Å². The number of aliphatic hydroxyl groups is 1. The highest BCUT2D eigenvalue weighted by Gasteiger charge is 2.25. The lowest BCUT2D eigenvalue weighted by atomic mass is 10.1. The minimum Gasteiger partial charge on any atom is -0.466 e. The number of nitro benzene ring substituents is 1. The van der Waals surface area contributed by atoms with Crippen molar-refractivity contribution in [1.29, 1.82) is 0 Å². The molecule has 0 saturated carbocycles. The maximum absolute atomic E-state index is 11.4. The van der Waals surface area contributed by atoms with Crippen LogP contribution < -0.4 is 4.90 Å². The van der Waals surface area contributed by atoms with Crippen LogP contribution in [0.15, 0.2) is 24.3 Å². The third-order valence-electron chi connectivity index (χ3n) is 4.35. The first-order valence-electron chi connectivity index (χ1n) is 8.10. The molecule has 2 rings (SSSR count). The largest absolute Gasteiger partial charge is 0.466 e. The number of hydrogen-bond donors (Lipinski definition) is 1. The highest BCUT2D eigenvalue weighted by molar-refractivity contribution is 5.87. The number of carbonyl (C=O) groups excluding carboxylic acids is 1. The zero-order valence-corrected chi connectivity index (χ0v) is 14.4. The molecule has 0 spiro atoms. The molecule has 0 aliphatic carbocycles. The lowest BCUT2D eigenvalue weighted by Crippen LogP contribution is -2.50. The summed E-state index contributed by atoms with van der Waals surface area (Å²) in [6, 6.07) is 4.99. The predicted octanol–water partition coefficient (Wildman–Crippen LogP) is 1.28. The van der Waals surface area contributed by atoms with Crippen LogP contribution in [0.1, 0.15) is 12.5 Å². The highest BCUT2D eigenvalue weighted by Crippen LogP contribution is 2.30. The standard InChI is InChI=1S/C17H23N3O5/c1-13(12-21)18-7-9-19(10-8-18)15-5-3-14(4-6-17(22)25-2)11-16(15)20(23)24/h3-6,11,13,21H,7-10,12H2,1-2H3. The normalized spacial score (nSPS) is 16.8. The summed E-state index contributed by atoms with van der Waals surface area (Å²) < 4.78 is 4.52. The van der Waals surface area contributed by atoms with Crippen LogP contribution in [0.3, 0.4) is 0 Å². The summed E-state index contributed by atoms with van der Waals surface area (Å²) >= 11 is 0. The van der Waals surface area contributed by atoms with Crippen molar-refractivity contribution in [2.75, 3.05) is 44.8 Å². The molecule has 1 atom stereocenters. The maximum atomic E-state index is 11.4. The van der Waals surface area contributed by atoms with Gasteiger partial charge in [0.25, 0.3) is 5.69 Å². The van der Waals surface area contributed by atoms with Crippen LogP contribution in [0.5, 0.6) is 0 Å². The summed E-state index contributed by atoms with van der Waals surface area (Å²) in [7, 11) is 1.27. The van der Waals surface area contributed by atoms with Gasteiger partial charge in [-0.2, -0.15) is 0 Å². The molecule has 1 saturated heterocycles. The van der Waals surface area contributed by atoms with Gasteiger partial charge in [-0.25, -0.2) is 4.79 Å². The van der Waals surface area contributed by atoms with Gasteiger partial charge >= 0.3 is 5.97 Å². The van der Waals surface area contributed by atoms with Gasteiger partial charge in [-0.3, -0.25) is 15.0 Å². The third kappa shape index (κ3) is 4.77. The van der Waals surface area contributed by atoms with Crippen LogP contribution in [0.2, 0.25) is 0 Å². The zero-order valence-electron chi connectivity index (χ0n) is 14.4. The number of carbonyl (C=O) groups is 1. The molecule has 0 bridgehead atoms. The second-order valence-corrected chi connectivity index (χ2v) is 5.92. The summed E-state index contributed by atoms with van der Waals surface area (Å²) in [6.07, 6.45) is 2.72. The number of nitro groups is 1. The minimum atomic E-state index is -0.513. The van der Waals surface area contributed by atoms with Gasteiger partial charge in [-0.1, -0.05) is 6.07 Å². The van der Waals surface area contributed by atoms with Crippen molar-refractivity contribution >= 4 is 23.4 Å². The molecule has 25 heavy (non-hydrogen) atoms. The molecule has 0 amide bonds. The molecule has 1 heterocycles. The minimum absolute atomic E-state index is 0.00988. The average molecular weight is 349 g/mol. The van der Waals surface area contributed by atoms with E-state index in [0.717, 1.165) is 13.1 Å². The van der Waals surface area contributed by atoms with Crippen LogP contribution >= 0.6 is 0 Å². The number of ether oxygens (including phenoxy) is 1. The van der Waals surface area contributed by atoms with Crippen molar-refractivity contribution < 1.29 is 19.6 Å². The lowest BCUT2D eigenvalue weighted by Gasteiger charge is -2.38. The van der Waals surface area contributed by atoms with Crippen LogP contribution in [-0.4, -0.2) is 66.8 Å². The van der Waals surface area contributed by atoms with E-state index in [1.165, 1.54) is 25.3 Å². The molecular formula is C17H23N3O5. The van der Waals surface area contributed by atoms with E-state index in [1.54, 1.807) is 12.1 Å². The molecular weight excluding hydrogens is 326 g/mol. The predicted molar refractivity (Wildman–Crippen MR) is 94.5 cm³/mol. The lowest BCUT2D eigenvalue weighted by molar-refractivity contribution is -0.384. The maximum Gasteiger partial charge on any atom is 0.330 e. The van der Waals surface area contributed by atoms with E-state index in [1.807, 2.05) is 11.8 Å². The molecule has 0 radical (unpaired) electrons. The Morgan fingerprint density at radius 1 is 1.40 bits per heavy atom. The number of rotatable bonds is 6. The first-order valence-corrected chi connectivity index (χ1v) is 8.10. The number of nitrogens with zero attached hydrogens (tertiary/aromatic N) is 3. The van der Waals surface area contributed by atoms with Crippen molar-refractivity contribution in [2.24, 2.45) is 0 Å². The highest BCUT2D eigenvalue weighted by atomic mass is 16.6. The summed E-state index contributed by atoms with van der Waals surface area (Å²) in [5.41, 5.74) is 1.14. The molecule has 8 heteroatoms. The van der Waals surface area contributed by atoms with Crippen LogP contribution in [0.4, 0.5) is 11.4 Å². The van der Waals surface area contributed by atoms with Gasteiger partial charge in [0, 0.05) is 44.4 Å². The van der Waals surface area contributed by atoms with Crippen LogP contribution in [0, 0.1) is 10.1 Å². The second-order valence-electron chi connectivity index (χ2n) is 5.92. The number of hydrogen-bond acceptors (Lipinski definition) is 7. The fraction of sp³-hybridized carbons (Fsp3) is 0.471. The first kappa shape index (κ1) is 18.9. The van der Waals surface area contributed by atoms with Gasteiger partial charge in [0.2, 0.25) is 0 Å². The van der Waals surface area contributed by atoms with Crippen molar-refractivity contribution in [1.82, 2.24) is 4.90 Å². The Bertz CT molecular complexity index is 654. The second kappa shape index (κ2) is 8.59. The fourth-order valence-electron chi connectivity index (χ4n) is 2.81. The zero-order chi connectivity index (χ0) is 18.4. The fourth-order valence-corrected chi connectivity index (χ4v) is 2.81. The van der Waals surface area contributed by atoms with E-state index in [-0.39, 0.29) is 18.3 Å². The molecule has 136 valence electrons. The molecule has 1 aromatic carbocycles. The van der Waals surface area contributed by atoms with Gasteiger partial charge in [0.1, 0.15) is 5.69 Å². The molecule has 0 aromatic heterocycles. The number of esters is 1. The van der Waals surface area contributed by atoms with E-state index in [0.29, 0.717) is 24.3 Å². The molecule has 1 N–H and O–H groups in total. The van der Waals surface area contributed by atoms with Crippen molar-refractivity contribution in [3.8, 4) is 0 Å². The van der Waals surface area contributed by atoms with E-state index in [4.69, 9.17) is 0 Å². The Balaban J connectivity index is 2.17. The smallest absolute Gasteiger partial charge is 0.330 e.